The molecule has 0 atom stereocenters. The molecular weight excluding hydrogens is 470 g/mol. The van der Waals surface area contributed by atoms with Crippen LogP contribution in [0.4, 0.5) is 0 Å². The fraction of sp³-hybridized carbons (Fsp3) is 0.647. The topological polar surface area (TPSA) is 87.2 Å². The fourth-order valence-electron chi connectivity index (χ4n) is 3.57. The quantitative estimate of drug-likeness (QED) is 0.622. The minimum absolute atomic E-state index is 0.0770. The number of piperazine rings is 1. The van der Waals surface area contributed by atoms with Crippen molar-refractivity contribution in [2.45, 2.75) is 30.6 Å². The number of sulfonamides is 1. The third-order valence-electron chi connectivity index (χ3n) is 5.16. The molecule has 0 unspecified atom stereocenters. The van der Waals surface area contributed by atoms with Crippen molar-refractivity contribution >= 4 is 36.2 Å². The number of halogens is 1. The van der Waals surface area contributed by atoms with Gasteiger partial charge in [0.2, 0.25) is 10.0 Å². The van der Waals surface area contributed by atoms with E-state index < -0.39 is 20.2 Å². The van der Waals surface area contributed by atoms with Crippen molar-refractivity contribution in [3.8, 4) is 5.75 Å². The summed E-state index contributed by atoms with van der Waals surface area (Å²) in [6.45, 7) is 1.60. The first-order valence-electron chi connectivity index (χ1n) is 9.36. The van der Waals surface area contributed by atoms with E-state index in [0.29, 0.717) is 17.6 Å². The van der Waals surface area contributed by atoms with E-state index in [9.17, 15) is 16.8 Å². The van der Waals surface area contributed by atoms with Gasteiger partial charge in [0.25, 0.3) is 10.2 Å². The lowest BCUT2D eigenvalue weighted by atomic mass is 10.2. The van der Waals surface area contributed by atoms with Gasteiger partial charge in [-0.1, -0.05) is 28.8 Å². The van der Waals surface area contributed by atoms with Crippen molar-refractivity contribution in [2.75, 3.05) is 46.4 Å². The van der Waals surface area contributed by atoms with E-state index in [1.165, 1.54) is 21.8 Å². The van der Waals surface area contributed by atoms with E-state index in [1.807, 2.05) is 0 Å². The number of hydrogen-bond donors (Lipinski definition) is 0. The normalized spacial score (nSPS) is 21.4. The number of nitrogens with zero attached hydrogens (tertiary/aromatic N) is 3. The van der Waals surface area contributed by atoms with Crippen LogP contribution in [0.2, 0.25) is 0 Å². The minimum Gasteiger partial charge on any atom is -0.495 e. The molecule has 3 rings (SSSR count). The second-order valence-corrected chi connectivity index (χ2v) is 11.7. The standard InChI is InChI=1S/C17H26BrN3O5S2/c1-26-16-7-6-15(18)14-17(16)27(22,23)19-10-12-21(13-11-19)28(24,25)20-8-4-2-3-5-9-20/h6-7,14H,2-5,8-13H2,1H3. The third-order valence-corrected chi connectivity index (χ3v) is 9.61. The number of methoxy groups -OCH3 is 1. The van der Waals surface area contributed by atoms with Crippen LogP contribution in [0.25, 0.3) is 0 Å². The van der Waals surface area contributed by atoms with Crippen molar-refractivity contribution in [3.05, 3.63) is 22.7 Å². The second-order valence-electron chi connectivity index (χ2n) is 6.92. The van der Waals surface area contributed by atoms with Crippen LogP contribution in [0, 0.1) is 0 Å². The van der Waals surface area contributed by atoms with Gasteiger partial charge < -0.3 is 4.74 Å². The summed E-state index contributed by atoms with van der Waals surface area (Å²) in [5.74, 6) is 0.266. The van der Waals surface area contributed by atoms with Gasteiger partial charge in [0.1, 0.15) is 10.6 Å². The van der Waals surface area contributed by atoms with Gasteiger partial charge in [-0.15, -0.1) is 0 Å². The monoisotopic (exact) mass is 495 g/mol. The highest BCUT2D eigenvalue weighted by Gasteiger charge is 2.37. The maximum Gasteiger partial charge on any atom is 0.282 e. The molecular formula is C17H26BrN3O5S2. The van der Waals surface area contributed by atoms with Gasteiger partial charge in [0, 0.05) is 43.7 Å². The molecule has 158 valence electrons. The van der Waals surface area contributed by atoms with E-state index in [2.05, 4.69) is 15.9 Å². The molecule has 0 aromatic heterocycles. The molecule has 0 N–H and O–H groups in total. The first kappa shape index (κ1) is 22.0. The predicted octanol–water partition coefficient (Wildman–Crippen LogP) is 1.88. The molecule has 2 fully saturated rings. The van der Waals surface area contributed by atoms with Crippen LogP contribution in [0.5, 0.6) is 5.75 Å². The smallest absolute Gasteiger partial charge is 0.282 e. The zero-order valence-electron chi connectivity index (χ0n) is 15.9. The van der Waals surface area contributed by atoms with Crippen LogP contribution in [0.3, 0.4) is 0 Å². The first-order valence-corrected chi connectivity index (χ1v) is 13.0. The molecule has 1 aromatic carbocycles. The molecule has 0 bridgehead atoms. The Morgan fingerprint density at radius 1 is 0.821 bits per heavy atom. The summed E-state index contributed by atoms with van der Waals surface area (Å²) >= 11 is 3.30. The average molecular weight is 496 g/mol. The van der Waals surface area contributed by atoms with E-state index >= 15 is 0 Å². The lowest BCUT2D eigenvalue weighted by molar-refractivity contribution is 0.254. The first-order chi connectivity index (χ1) is 13.3. The van der Waals surface area contributed by atoms with Crippen molar-refractivity contribution in [1.82, 2.24) is 12.9 Å². The van der Waals surface area contributed by atoms with Gasteiger partial charge in [-0.3, -0.25) is 0 Å². The van der Waals surface area contributed by atoms with E-state index in [4.69, 9.17) is 4.74 Å². The number of ether oxygens (including phenoxy) is 1. The van der Waals surface area contributed by atoms with Gasteiger partial charge in [0.15, 0.2) is 0 Å². The van der Waals surface area contributed by atoms with Crippen LogP contribution in [-0.2, 0) is 20.2 Å². The molecule has 2 aliphatic rings. The summed E-state index contributed by atoms with van der Waals surface area (Å²) in [6, 6.07) is 4.81. The van der Waals surface area contributed by atoms with Crippen LogP contribution in [0.15, 0.2) is 27.6 Å². The Balaban J connectivity index is 1.73. The van der Waals surface area contributed by atoms with Gasteiger partial charge in [-0.2, -0.15) is 21.3 Å². The summed E-state index contributed by atoms with van der Waals surface area (Å²) in [6.07, 6.45) is 3.84. The van der Waals surface area contributed by atoms with Crippen LogP contribution in [-0.4, -0.2) is 76.1 Å². The molecule has 8 nitrogen and oxygen atoms in total. The third kappa shape index (κ3) is 4.54. The molecule has 2 saturated heterocycles. The maximum absolute atomic E-state index is 13.1. The Kier molecular flexibility index (Phi) is 7.04. The van der Waals surface area contributed by atoms with Crippen LogP contribution >= 0.6 is 15.9 Å². The van der Waals surface area contributed by atoms with Crippen molar-refractivity contribution in [3.63, 3.8) is 0 Å². The van der Waals surface area contributed by atoms with Crippen LogP contribution < -0.4 is 4.74 Å². The lowest BCUT2D eigenvalue weighted by Crippen LogP contribution is -2.54. The molecule has 11 heteroatoms. The lowest BCUT2D eigenvalue weighted by Gasteiger charge is -2.36. The molecule has 2 aliphatic heterocycles. The number of rotatable bonds is 5. The molecule has 0 amide bonds. The van der Waals surface area contributed by atoms with Gasteiger partial charge in [-0.05, 0) is 31.0 Å². The number of benzene rings is 1. The van der Waals surface area contributed by atoms with Crippen LogP contribution in [0.1, 0.15) is 25.7 Å². The Hall–Kier alpha value is -0.720. The minimum atomic E-state index is -3.78. The van der Waals surface area contributed by atoms with Gasteiger partial charge >= 0.3 is 0 Å². The molecule has 1 aromatic rings. The highest BCUT2D eigenvalue weighted by Crippen LogP contribution is 2.30. The van der Waals surface area contributed by atoms with Crippen molar-refractivity contribution in [1.29, 1.82) is 0 Å². The number of hydrogen-bond acceptors (Lipinski definition) is 5. The molecule has 0 radical (unpaired) electrons. The molecule has 2 heterocycles. The summed E-state index contributed by atoms with van der Waals surface area (Å²) in [4.78, 5) is 0.0770. The maximum atomic E-state index is 13.1. The molecule has 0 saturated carbocycles. The summed E-state index contributed by atoms with van der Waals surface area (Å²) in [7, 11) is -5.91. The highest BCUT2D eigenvalue weighted by atomic mass is 79.9. The molecule has 0 spiro atoms. The molecule has 28 heavy (non-hydrogen) atoms. The predicted molar refractivity (Wildman–Crippen MR) is 110 cm³/mol. The Morgan fingerprint density at radius 2 is 1.36 bits per heavy atom. The van der Waals surface area contributed by atoms with E-state index in [-0.39, 0.29) is 36.8 Å². The second kappa shape index (κ2) is 8.97. The Bertz CT molecular complexity index is 891. The highest BCUT2D eigenvalue weighted by molar-refractivity contribution is 9.10. The van der Waals surface area contributed by atoms with Gasteiger partial charge in [0.05, 0.1) is 7.11 Å². The summed E-state index contributed by atoms with van der Waals surface area (Å²) in [5.41, 5.74) is 0. The zero-order valence-corrected chi connectivity index (χ0v) is 19.1. The summed E-state index contributed by atoms with van der Waals surface area (Å²) < 4.78 is 62.1. The summed E-state index contributed by atoms with van der Waals surface area (Å²) in [5, 5.41) is 0. The van der Waals surface area contributed by atoms with Gasteiger partial charge in [-0.25, -0.2) is 8.42 Å². The van der Waals surface area contributed by atoms with Crippen molar-refractivity contribution in [2.24, 2.45) is 0 Å². The van der Waals surface area contributed by atoms with E-state index in [0.717, 1.165) is 25.7 Å². The SMILES string of the molecule is COc1ccc(Br)cc1S(=O)(=O)N1CCN(S(=O)(=O)N2CCCCCC2)CC1. The largest absolute Gasteiger partial charge is 0.495 e. The molecule has 0 aliphatic carbocycles. The van der Waals surface area contributed by atoms with E-state index in [1.54, 1.807) is 16.4 Å². The van der Waals surface area contributed by atoms with Crippen molar-refractivity contribution < 1.29 is 21.6 Å². The zero-order chi connectivity index (χ0) is 20.4. The average Bonchev–Trinajstić information content (AvgIpc) is 2.98. The Labute approximate surface area is 175 Å². The Morgan fingerprint density at radius 3 is 1.93 bits per heavy atom. The fourth-order valence-corrected chi connectivity index (χ4v) is 7.36.